The Morgan fingerprint density at radius 2 is 2.47 bits per heavy atom. The van der Waals surface area contributed by atoms with Crippen LogP contribution in [0.3, 0.4) is 0 Å². The van der Waals surface area contributed by atoms with E-state index in [1.165, 1.54) is 11.3 Å². The van der Waals surface area contributed by atoms with Crippen LogP contribution in [0.15, 0.2) is 0 Å². The molecule has 0 saturated carbocycles. The van der Waals surface area contributed by atoms with E-state index < -0.39 is 0 Å². The lowest BCUT2D eigenvalue weighted by Crippen LogP contribution is -2.47. The highest BCUT2D eigenvalue weighted by molar-refractivity contribution is 7.15. The van der Waals surface area contributed by atoms with Gasteiger partial charge in [-0.15, -0.1) is 10.2 Å². The quantitative estimate of drug-likeness (QED) is 0.729. The van der Waals surface area contributed by atoms with Gasteiger partial charge in [0, 0.05) is 20.1 Å². The smallest absolute Gasteiger partial charge is 0.234 e. The van der Waals surface area contributed by atoms with Crippen LogP contribution in [-0.4, -0.2) is 47.7 Å². The van der Waals surface area contributed by atoms with Crippen molar-refractivity contribution in [2.24, 2.45) is 0 Å². The summed E-state index contributed by atoms with van der Waals surface area (Å²) in [5, 5.41) is 15.5. The first-order valence-electron chi connectivity index (χ1n) is 4.77. The highest BCUT2D eigenvalue weighted by Gasteiger charge is 2.17. The molecule has 1 amide bonds. The maximum atomic E-state index is 11.1. The van der Waals surface area contributed by atoms with Crippen molar-refractivity contribution in [2.45, 2.75) is 6.54 Å². The summed E-state index contributed by atoms with van der Waals surface area (Å²) >= 11 is 1.52. The Morgan fingerprint density at radius 1 is 1.60 bits per heavy atom. The molecule has 1 saturated heterocycles. The molecule has 0 atom stereocenters. The number of aromatic nitrogens is 2. The molecule has 0 aliphatic carbocycles. The lowest BCUT2D eigenvalue weighted by atomic mass is 10.3. The largest absolute Gasteiger partial charge is 0.363 e. The molecule has 0 unspecified atom stereocenters. The Morgan fingerprint density at radius 3 is 3.13 bits per heavy atom. The molecule has 15 heavy (non-hydrogen) atoms. The predicted molar refractivity (Wildman–Crippen MR) is 57.7 cm³/mol. The van der Waals surface area contributed by atoms with E-state index in [4.69, 9.17) is 0 Å². The van der Waals surface area contributed by atoms with E-state index in [0.29, 0.717) is 13.1 Å². The minimum Gasteiger partial charge on any atom is -0.363 e. The molecule has 2 heterocycles. The molecule has 2 N–H and O–H groups in total. The Balaban J connectivity index is 1.93. The number of carbonyl (C=O) groups excluding carboxylic acids is 1. The lowest BCUT2D eigenvalue weighted by molar-refractivity contribution is -0.124. The van der Waals surface area contributed by atoms with Gasteiger partial charge in [-0.25, -0.2) is 0 Å². The molecule has 1 aliphatic rings. The molecule has 0 radical (unpaired) electrons. The van der Waals surface area contributed by atoms with Crippen molar-refractivity contribution in [1.29, 1.82) is 0 Å². The number of amides is 1. The fourth-order valence-corrected chi connectivity index (χ4v) is 2.17. The second-order valence-electron chi connectivity index (χ2n) is 3.31. The SMILES string of the molecule is CNc1nnc(CN2CCNC(=O)C2)s1. The molecule has 6 nitrogen and oxygen atoms in total. The minimum absolute atomic E-state index is 0.0830. The monoisotopic (exact) mass is 227 g/mol. The molecule has 1 aromatic rings. The zero-order valence-electron chi connectivity index (χ0n) is 8.49. The molecule has 2 rings (SSSR count). The van der Waals surface area contributed by atoms with E-state index in [9.17, 15) is 4.79 Å². The molecule has 1 aliphatic heterocycles. The van der Waals surface area contributed by atoms with E-state index in [1.54, 1.807) is 0 Å². The first-order valence-corrected chi connectivity index (χ1v) is 5.59. The van der Waals surface area contributed by atoms with Gasteiger partial charge >= 0.3 is 0 Å². The summed E-state index contributed by atoms with van der Waals surface area (Å²) in [6, 6.07) is 0. The number of piperazine rings is 1. The van der Waals surface area contributed by atoms with E-state index >= 15 is 0 Å². The normalized spacial score (nSPS) is 17.5. The average molecular weight is 227 g/mol. The number of nitrogens with zero attached hydrogens (tertiary/aromatic N) is 3. The zero-order valence-corrected chi connectivity index (χ0v) is 9.30. The van der Waals surface area contributed by atoms with Crippen LogP contribution in [0.25, 0.3) is 0 Å². The van der Waals surface area contributed by atoms with Crippen LogP contribution in [0.2, 0.25) is 0 Å². The summed E-state index contributed by atoms with van der Waals surface area (Å²) in [7, 11) is 1.82. The Labute approximate surface area is 91.7 Å². The molecule has 82 valence electrons. The summed E-state index contributed by atoms with van der Waals surface area (Å²) in [5.74, 6) is 0.0830. The van der Waals surface area contributed by atoms with Crippen molar-refractivity contribution in [3.8, 4) is 0 Å². The lowest BCUT2D eigenvalue weighted by Gasteiger charge is -2.25. The Bertz CT molecular complexity index is 353. The fourth-order valence-electron chi connectivity index (χ4n) is 1.44. The van der Waals surface area contributed by atoms with Crippen LogP contribution < -0.4 is 10.6 Å². The predicted octanol–water partition coefficient (Wildman–Crippen LogP) is -0.488. The van der Waals surface area contributed by atoms with Crippen LogP contribution in [0, 0.1) is 0 Å². The van der Waals surface area contributed by atoms with Crippen LogP contribution >= 0.6 is 11.3 Å². The number of anilines is 1. The van der Waals surface area contributed by atoms with E-state index in [-0.39, 0.29) is 5.91 Å². The van der Waals surface area contributed by atoms with Gasteiger partial charge in [-0.3, -0.25) is 9.69 Å². The zero-order chi connectivity index (χ0) is 10.7. The molecular weight excluding hydrogens is 214 g/mol. The minimum atomic E-state index is 0.0830. The van der Waals surface area contributed by atoms with Gasteiger partial charge in [0.2, 0.25) is 11.0 Å². The van der Waals surface area contributed by atoms with Gasteiger partial charge < -0.3 is 10.6 Å². The van der Waals surface area contributed by atoms with Crippen molar-refractivity contribution in [3.05, 3.63) is 5.01 Å². The second-order valence-corrected chi connectivity index (χ2v) is 4.37. The van der Waals surface area contributed by atoms with Gasteiger partial charge in [-0.05, 0) is 0 Å². The second kappa shape index (κ2) is 4.54. The molecule has 7 heteroatoms. The average Bonchev–Trinajstić information content (AvgIpc) is 2.65. The van der Waals surface area contributed by atoms with Gasteiger partial charge in [0.05, 0.1) is 13.1 Å². The molecule has 1 fully saturated rings. The van der Waals surface area contributed by atoms with Gasteiger partial charge in [-0.1, -0.05) is 11.3 Å². The van der Waals surface area contributed by atoms with E-state index in [1.807, 2.05) is 7.05 Å². The number of nitrogens with one attached hydrogen (secondary N) is 2. The molecule has 0 spiro atoms. The van der Waals surface area contributed by atoms with Crippen LogP contribution in [0.5, 0.6) is 0 Å². The van der Waals surface area contributed by atoms with Gasteiger partial charge in [0.25, 0.3) is 0 Å². The fraction of sp³-hybridized carbons (Fsp3) is 0.625. The topological polar surface area (TPSA) is 70.2 Å². The standard InChI is InChI=1S/C8H13N5OS/c1-9-8-12-11-7(15-8)5-13-3-2-10-6(14)4-13/h2-5H2,1H3,(H,9,12)(H,10,14). The van der Waals surface area contributed by atoms with Crippen LogP contribution in [0.1, 0.15) is 5.01 Å². The van der Waals surface area contributed by atoms with E-state index in [2.05, 4.69) is 25.7 Å². The number of hydrogen-bond acceptors (Lipinski definition) is 6. The van der Waals surface area contributed by atoms with E-state index in [0.717, 1.165) is 23.2 Å². The summed E-state index contributed by atoms with van der Waals surface area (Å²) < 4.78 is 0. The first kappa shape index (κ1) is 10.3. The van der Waals surface area contributed by atoms with Gasteiger partial charge in [-0.2, -0.15) is 0 Å². The van der Waals surface area contributed by atoms with Crippen molar-refractivity contribution >= 4 is 22.4 Å². The Hall–Kier alpha value is -1.21. The van der Waals surface area contributed by atoms with Crippen molar-refractivity contribution in [1.82, 2.24) is 20.4 Å². The van der Waals surface area contributed by atoms with Crippen molar-refractivity contribution in [3.63, 3.8) is 0 Å². The first-order chi connectivity index (χ1) is 7.28. The highest BCUT2D eigenvalue weighted by Crippen LogP contribution is 2.16. The third-order valence-corrected chi connectivity index (χ3v) is 3.08. The molecule has 0 aromatic carbocycles. The molecule has 1 aromatic heterocycles. The van der Waals surface area contributed by atoms with Gasteiger partial charge in [0.15, 0.2) is 0 Å². The third-order valence-electron chi connectivity index (χ3n) is 2.16. The number of carbonyl (C=O) groups is 1. The highest BCUT2D eigenvalue weighted by atomic mass is 32.1. The molecular formula is C8H13N5OS. The maximum absolute atomic E-state index is 11.1. The number of rotatable bonds is 3. The maximum Gasteiger partial charge on any atom is 0.234 e. The van der Waals surface area contributed by atoms with Crippen LogP contribution in [0.4, 0.5) is 5.13 Å². The number of hydrogen-bond donors (Lipinski definition) is 2. The van der Waals surface area contributed by atoms with Crippen molar-refractivity contribution < 1.29 is 4.79 Å². The third kappa shape index (κ3) is 2.63. The summed E-state index contributed by atoms with van der Waals surface area (Å²) in [5.41, 5.74) is 0. The molecule has 0 bridgehead atoms. The van der Waals surface area contributed by atoms with Gasteiger partial charge in [0.1, 0.15) is 5.01 Å². The van der Waals surface area contributed by atoms with Crippen molar-refractivity contribution in [2.75, 3.05) is 32.0 Å². The van der Waals surface area contributed by atoms with Crippen LogP contribution in [-0.2, 0) is 11.3 Å². The summed E-state index contributed by atoms with van der Waals surface area (Å²) in [4.78, 5) is 13.2. The summed E-state index contributed by atoms with van der Waals surface area (Å²) in [6.07, 6.45) is 0. The Kier molecular flexibility index (Phi) is 3.12. The summed E-state index contributed by atoms with van der Waals surface area (Å²) in [6.45, 7) is 2.75.